The van der Waals surface area contributed by atoms with Crippen LogP contribution in [0.2, 0.25) is 0 Å². The van der Waals surface area contributed by atoms with Crippen molar-refractivity contribution in [3.05, 3.63) is 0 Å². The minimum atomic E-state index is -0.759. The second-order valence-electron chi connectivity index (χ2n) is 2.01. The number of ketones is 1. The van der Waals surface area contributed by atoms with Crippen LogP contribution < -0.4 is 0 Å². The molecule has 0 heterocycles. The summed E-state index contributed by atoms with van der Waals surface area (Å²) in [6.45, 7) is 3.30. The van der Waals surface area contributed by atoms with E-state index in [1.807, 2.05) is 0 Å². The van der Waals surface area contributed by atoms with Crippen molar-refractivity contribution in [2.75, 3.05) is 7.11 Å². The number of methoxy groups -OCH3 is 1. The number of carbonyl (C=O) groups is 2. The van der Waals surface area contributed by atoms with Crippen molar-refractivity contribution >= 4 is 11.8 Å². The number of hydrogen-bond donors (Lipinski definition) is 0. The molecule has 0 rings (SSSR count). The van der Waals surface area contributed by atoms with Crippen LogP contribution in [-0.4, -0.2) is 18.9 Å². The molecule has 3 heteroatoms. The first-order chi connectivity index (χ1) is 4.09. The van der Waals surface area contributed by atoms with Crippen molar-refractivity contribution in [2.24, 2.45) is 5.92 Å². The Kier molecular flexibility index (Phi) is 2.91. The first-order valence-corrected chi connectivity index (χ1v) is 2.71. The molecule has 52 valence electrons. The van der Waals surface area contributed by atoms with E-state index in [1.165, 1.54) is 7.11 Å². The zero-order valence-electron chi connectivity index (χ0n) is 5.80. The summed E-state index contributed by atoms with van der Waals surface area (Å²) in [6.07, 6.45) is 0. The Morgan fingerprint density at radius 1 is 1.33 bits per heavy atom. The zero-order chi connectivity index (χ0) is 7.44. The van der Waals surface area contributed by atoms with Crippen LogP contribution in [0.3, 0.4) is 0 Å². The van der Waals surface area contributed by atoms with Crippen molar-refractivity contribution in [3.8, 4) is 0 Å². The van der Waals surface area contributed by atoms with Gasteiger partial charge in [0.25, 0.3) is 0 Å². The predicted octanol–water partition coefficient (Wildman–Crippen LogP) is 0.384. The number of hydrogen-bond acceptors (Lipinski definition) is 3. The van der Waals surface area contributed by atoms with Gasteiger partial charge in [-0.25, -0.2) is 4.79 Å². The highest BCUT2D eigenvalue weighted by molar-refractivity contribution is 6.34. The molecule has 0 spiro atoms. The van der Waals surface area contributed by atoms with Crippen molar-refractivity contribution in [3.63, 3.8) is 0 Å². The maximum absolute atomic E-state index is 10.6. The summed E-state index contributed by atoms with van der Waals surface area (Å²) < 4.78 is 4.18. The van der Waals surface area contributed by atoms with Crippen molar-refractivity contribution in [2.45, 2.75) is 13.8 Å². The molecule has 0 aromatic rings. The third kappa shape index (κ3) is 2.26. The number of Topliss-reactive ketones (excluding diaryl/α,β-unsaturated/α-hetero) is 1. The maximum Gasteiger partial charge on any atom is 0.374 e. The van der Waals surface area contributed by atoms with Gasteiger partial charge in [-0.2, -0.15) is 0 Å². The Morgan fingerprint density at radius 3 is 1.89 bits per heavy atom. The highest BCUT2D eigenvalue weighted by Gasteiger charge is 2.16. The first kappa shape index (κ1) is 8.14. The van der Waals surface area contributed by atoms with Gasteiger partial charge in [0.05, 0.1) is 7.11 Å². The molecular weight excluding hydrogens is 120 g/mol. The van der Waals surface area contributed by atoms with Gasteiger partial charge in [0.2, 0.25) is 5.78 Å². The predicted molar refractivity (Wildman–Crippen MR) is 31.9 cm³/mol. The van der Waals surface area contributed by atoms with E-state index in [9.17, 15) is 9.59 Å². The lowest BCUT2D eigenvalue weighted by molar-refractivity contribution is -0.153. The van der Waals surface area contributed by atoms with Crippen LogP contribution in [0.1, 0.15) is 13.8 Å². The van der Waals surface area contributed by atoms with E-state index in [0.717, 1.165) is 0 Å². The summed E-state index contributed by atoms with van der Waals surface area (Å²) in [7, 11) is 1.20. The van der Waals surface area contributed by atoms with Gasteiger partial charge in [0, 0.05) is 5.92 Å². The molecule has 0 atom stereocenters. The fraction of sp³-hybridized carbons (Fsp3) is 0.667. The second-order valence-corrected chi connectivity index (χ2v) is 2.01. The van der Waals surface area contributed by atoms with Crippen molar-refractivity contribution < 1.29 is 14.3 Å². The van der Waals surface area contributed by atoms with E-state index in [0.29, 0.717) is 0 Å². The molecule has 0 aliphatic carbocycles. The Hall–Kier alpha value is -0.860. The molecular formula is C6H10O3. The minimum absolute atomic E-state index is 0.266. The first-order valence-electron chi connectivity index (χ1n) is 2.71. The second kappa shape index (κ2) is 3.22. The van der Waals surface area contributed by atoms with E-state index >= 15 is 0 Å². The van der Waals surface area contributed by atoms with Crippen molar-refractivity contribution in [1.29, 1.82) is 0 Å². The van der Waals surface area contributed by atoms with Crippen LogP contribution in [0.4, 0.5) is 0 Å². The maximum atomic E-state index is 10.6. The van der Waals surface area contributed by atoms with Crippen LogP contribution in [0.5, 0.6) is 0 Å². The summed E-state index contributed by atoms with van der Waals surface area (Å²) in [5.41, 5.74) is 0. The number of rotatable bonds is 2. The van der Waals surface area contributed by atoms with E-state index in [1.54, 1.807) is 13.8 Å². The Bertz CT molecular complexity index is 126. The highest BCUT2D eigenvalue weighted by Crippen LogP contribution is 1.94. The summed E-state index contributed by atoms with van der Waals surface area (Å²) >= 11 is 0. The largest absolute Gasteiger partial charge is 0.463 e. The van der Waals surface area contributed by atoms with E-state index < -0.39 is 11.8 Å². The van der Waals surface area contributed by atoms with Gasteiger partial charge in [0.15, 0.2) is 0 Å². The highest BCUT2D eigenvalue weighted by atomic mass is 16.5. The molecule has 0 radical (unpaired) electrons. The van der Waals surface area contributed by atoms with E-state index in [2.05, 4.69) is 4.74 Å². The standard InChI is InChI=1S/C6H10O3/c1-4(2)5(7)6(8)9-3/h4H,1-3H3. The van der Waals surface area contributed by atoms with Crippen LogP contribution in [0.15, 0.2) is 0 Å². The number of ether oxygens (including phenoxy) is 1. The molecule has 0 unspecified atom stereocenters. The smallest absolute Gasteiger partial charge is 0.374 e. The SMILES string of the molecule is COC(=O)C(=O)C(C)C. The lowest BCUT2D eigenvalue weighted by atomic mass is 10.1. The van der Waals surface area contributed by atoms with Gasteiger partial charge in [0.1, 0.15) is 0 Å². The molecule has 0 amide bonds. The van der Waals surface area contributed by atoms with Crippen LogP contribution in [-0.2, 0) is 14.3 Å². The Labute approximate surface area is 54.0 Å². The topological polar surface area (TPSA) is 43.4 Å². The van der Waals surface area contributed by atoms with Gasteiger partial charge in [-0.1, -0.05) is 13.8 Å². The fourth-order valence-electron chi connectivity index (χ4n) is 0.336. The van der Waals surface area contributed by atoms with Crippen LogP contribution in [0, 0.1) is 5.92 Å². The summed E-state index contributed by atoms with van der Waals surface area (Å²) in [5.74, 6) is -1.50. The van der Waals surface area contributed by atoms with Gasteiger partial charge in [-0.05, 0) is 0 Å². The monoisotopic (exact) mass is 130 g/mol. The molecule has 0 fully saturated rings. The average Bonchev–Trinajstić information content (AvgIpc) is 1.84. The van der Waals surface area contributed by atoms with Crippen LogP contribution in [0.25, 0.3) is 0 Å². The molecule has 0 aliphatic heterocycles. The lowest BCUT2D eigenvalue weighted by Crippen LogP contribution is -2.20. The molecule has 0 saturated carbocycles. The molecule has 0 N–H and O–H groups in total. The van der Waals surface area contributed by atoms with Gasteiger partial charge in [-0.3, -0.25) is 4.79 Å². The minimum Gasteiger partial charge on any atom is -0.463 e. The summed E-state index contributed by atoms with van der Waals surface area (Å²) in [4.78, 5) is 21.0. The average molecular weight is 130 g/mol. The van der Waals surface area contributed by atoms with Crippen molar-refractivity contribution in [1.82, 2.24) is 0 Å². The molecule has 0 bridgehead atoms. The number of esters is 1. The lowest BCUT2D eigenvalue weighted by Gasteiger charge is -1.98. The van der Waals surface area contributed by atoms with E-state index in [4.69, 9.17) is 0 Å². The molecule has 9 heavy (non-hydrogen) atoms. The molecule has 0 aromatic carbocycles. The molecule has 3 nitrogen and oxygen atoms in total. The number of carbonyl (C=O) groups excluding carboxylic acids is 2. The molecule has 0 saturated heterocycles. The van der Waals surface area contributed by atoms with Crippen LogP contribution >= 0.6 is 0 Å². The van der Waals surface area contributed by atoms with Gasteiger partial charge < -0.3 is 4.74 Å². The zero-order valence-corrected chi connectivity index (χ0v) is 5.80. The normalized spacial score (nSPS) is 9.33. The Morgan fingerprint density at radius 2 is 1.78 bits per heavy atom. The fourth-order valence-corrected chi connectivity index (χ4v) is 0.336. The Balaban J connectivity index is 3.89. The summed E-state index contributed by atoms with van der Waals surface area (Å²) in [6, 6.07) is 0. The summed E-state index contributed by atoms with van der Waals surface area (Å²) in [5, 5.41) is 0. The molecule has 0 aromatic heterocycles. The molecule has 0 aliphatic rings. The third-order valence-corrected chi connectivity index (χ3v) is 0.911. The van der Waals surface area contributed by atoms with E-state index in [-0.39, 0.29) is 5.92 Å². The van der Waals surface area contributed by atoms with Gasteiger partial charge in [-0.15, -0.1) is 0 Å². The van der Waals surface area contributed by atoms with Gasteiger partial charge >= 0.3 is 5.97 Å². The third-order valence-electron chi connectivity index (χ3n) is 0.911. The quantitative estimate of drug-likeness (QED) is 0.401.